The molecule has 0 spiro atoms. The highest BCUT2D eigenvalue weighted by molar-refractivity contribution is 7.53. The Balaban J connectivity index is 3.25. The summed E-state index contributed by atoms with van der Waals surface area (Å²) >= 11 is 1.16. The van der Waals surface area contributed by atoms with E-state index in [1.165, 1.54) is 14.2 Å². The molecule has 14 heavy (non-hydrogen) atoms. The number of ether oxygens (including phenoxy) is 2. The van der Waals surface area contributed by atoms with Crippen LogP contribution in [0.5, 0.6) is 0 Å². The van der Waals surface area contributed by atoms with Crippen molar-refractivity contribution in [2.75, 3.05) is 14.2 Å². The van der Waals surface area contributed by atoms with Crippen molar-refractivity contribution in [2.45, 2.75) is 5.53 Å². The molecule has 0 fully saturated rings. The third kappa shape index (κ3) is 1.77. The highest BCUT2D eigenvalue weighted by atomic mass is 32.1. The summed E-state index contributed by atoms with van der Waals surface area (Å²) in [6, 6.07) is 3.22. The fraction of sp³-hybridized carbons (Fsp3) is 0.429. The Bertz CT molecular complexity index is 326. The highest BCUT2D eigenvalue weighted by Gasteiger charge is 2.51. The topological polar surface area (TPSA) is 76.0 Å². The molecule has 0 unspecified atom stereocenters. The first-order valence-electron chi connectivity index (χ1n) is 3.68. The van der Waals surface area contributed by atoms with E-state index in [-0.39, 0.29) is 0 Å². The van der Waals surface area contributed by atoms with Gasteiger partial charge in [0.05, 0.1) is 4.88 Å². The quantitative estimate of drug-likeness (QED) is 0.611. The molecular formula is C7H11O5PS. The monoisotopic (exact) mass is 238 g/mol. The molecule has 0 bridgehead atoms. The maximum absolute atomic E-state index is 11.3. The SMILES string of the molecule is COC(OC)(c1cccs1)P(=O)(O)O. The van der Waals surface area contributed by atoms with Crippen LogP contribution >= 0.6 is 18.9 Å². The third-order valence-corrected chi connectivity index (χ3v) is 4.25. The molecule has 0 aromatic carbocycles. The van der Waals surface area contributed by atoms with Gasteiger partial charge in [-0.25, -0.2) is 0 Å². The van der Waals surface area contributed by atoms with Gasteiger partial charge in [-0.3, -0.25) is 4.57 Å². The van der Waals surface area contributed by atoms with E-state index in [0.29, 0.717) is 4.88 Å². The van der Waals surface area contributed by atoms with E-state index in [9.17, 15) is 4.57 Å². The average molecular weight is 238 g/mol. The van der Waals surface area contributed by atoms with Crippen LogP contribution in [0.2, 0.25) is 0 Å². The predicted octanol–water partition coefficient (Wildman–Crippen LogP) is 1.33. The second kappa shape index (κ2) is 4.10. The number of methoxy groups -OCH3 is 2. The van der Waals surface area contributed by atoms with Gasteiger partial charge in [-0.2, -0.15) is 0 Å². The van der Waals surface area contributed by atoms with Crippen LogP contribution in [0.15, 0.2) is 17.5 Å². The molecule has 1 aromatic rings. The summed E-state index contributed by atoms with van der Waals surface area (Å²) in [5, 5.41) is 1.69. The summed E-state index contributed by atoms with van der Waals surface area (Å²) in [6.07, 6.45) is 0. The molecule has 0 saturated heterocycles. The van der Waals surface area contributed by atoms with E-state index in [2.05, 4.69) is 0 Å². The van der Waals surface area contributed by atoms with Crippen LogP contribution in [-0.2, 0) is 19.6 Å². The largest absolute Gasteiger partial charge is 0.390 e. The van der Waals surface area contributed by atoms with Crippen LogP contribution in [0.3, 0.4) is 0 Å². The van der Waals surface area contributed by atoms with E-state index in [4.69, 9.17) is 19.3 Å². The van der Waals surface area contributed by atoms with Crippen LogP contribution in [0.4, 0.5) is 0 Å². The van der Waals surface area contributed by atoms with Crippen molar-refractivity contribution in [2.24, 2.45) is 0 Å². The normalized spacial score (nSPS) is 13.1. The lowest BCUT2D eigenvalue weighted by atomic mass is 10.4. The molecule has 0 aliphatic carbocycles. The van der Waals surface area contributed by atoms with Crippen LogP contribution < -0.4 is 0 Å². The van der Waals surface area contributed by atoms with Crippen LogP contribution in [0.1, 0.15) is 4.88 Å². The zero-order chi connectivity index (χ0) is 10.8. The molecule has 0 atom stereocenters. The van der Waals surface area contributed by atoms with Gasteiger partial charge in [0.2, 0.25) is 0 Å². The fourth-order valence-corrected chi connectivity index (χ4v) is 3.25. The molecule has 0 radical (unpaired) electrons. The van der Waals surface area contributed by atoms with Gasteiger partial charge in [0, 0.05) is 14.2 Å². The van der Waals surface area contributed by atoms with E-state index >= 15 is 0 Å². The molecule has 0 amide bonds. The molecule has 0 saturated carbocycles. The number of thiophene rings is 1. The lowest BCUT2D eigenvalue weighted by Gasteiger charge is -2.29. The molecule has 0 aliphatic rings. The van der Waals surface area contributed by atoms with Gasteiger partial charge in [-0.15, -0.1) is 11.3 Å². The van der Waals surface area contributed by atoms with Crippen molar-refractivity contribution >= 4 is 18.9 Å². The van der Waals surface area contributed by atoms with Crippen LogP contribution in [0.25, 0.3) is 0 Å². The molecule has 80 valence electrons. The number of hydrogen-bond donors (Lipinski definition) is 2. The van der Waals surface area contributed by atoms with Crippen LogP contribution in [0, 0.1) is 0 Å². The smallest absolute Gasteiger partial charge is 0.339 e. The summed E-state index contributed by atoms with van der Waals surface area (Å²) in [4.78, 5) is 18.7. The minimum absolute atomic E-state index is 0.343. The standard InChI is InChI=1S/C7H11O5PS/c1-11-7(12-2,13(8,9)10)6-4-3-5-14-6/h3-5H,1-2H3,(H2,8,9,10). The maximum Gasteiger partial charge on any atom is 0.390 e. The van der Waals surface area contributed by atoms with E-state index in [1.807, 2.05) is 0 Å². The molecular weight excluding hydrogens is 227 g/mol. The highest BCUT2D eigenvalue weighted by Crippen LogP contribution is 2.58. The molecule has 1 rings (SSSR count). The third-order valence-electron chi connectivity index (χ3n) is 1.77. The summed E-state index contributed by atoms with van der Waals surface area (Å²) in [7, 11) is -2.14. The van der Waals surface area contributed by atoms with Crippen molar-refractivity contribution in [1.82, 2.24) is 0 Å². The zero-order valence-electron chi connectivity index (χ0n) is 7.71. The second-order valence-corrected chi connectivity index (χ2v) is 5.14. The van der Waals surface area contributed by atoms with Crippen LogP contribution in [-0.4, -0.2) is 24.0 Å². The van der Waals surface area contributed by atoms with E-state index in [0.717, 1.165) is 11.3 Å². The minimum atomic E-state index is -4.53. The molecule has 1 heterocycles. The summed E-state index contributed by atoms with van der Waals surface area (Å²) in [5.74, 6) is 0. The summed E-state index contributed by atoms with van der Waals surface area (Å²) in [5.41, 5.74) is -1.97. The van der Waals surface area contributed by atoms with Crippen molar-refractivity contribution in [3.8, 4) is 0 Å². The van der Waals surface area contributed by atoms with E-state index < -0.39 is 13.1 Å². The molecule has 5 nitrogen and oxygen atoms in total. The Morgan fingerprint density at radius 3 is 2.29 bits per heavy atom. The van der Waals surface area contributed by atoms with Gasteiger partial charge < -0.3 is 19.3 Å². The van der Waals surface area contributed by atoms with Gasteiger partial charge in [0.15, 0.2) is 0 Å². The zero-order valence-corrected chi connectivity index (χ0v) is 9.42. The lowest BCUT2D eigenvalue weighted by Crippen LogP contribution is -2.29. The van der Waals surface area contributed by atoms with Gasteiger partial charge in [-0.05, 0) is 11.4 Å². The Morgan fingerprint density at radius 1 is 1.43 bits per heavy atom. The summed E-state index contributed by atoms with van der Waals surface area (Å²) < 4.78 is 20.9. The predicted molar refractivity (Wildman–Crippen MR) is 52.1 cm³/mol. The van der Waals surface area contributed by atoms with E-state index in [1.54, 1.807) is 17.5 Å². The molecule has 2 N–H and O–H groups in total. The number of hydrogen-bond acceptors (Lipinski definition) is 4. The van der Waals surface area contributed by atoms with Crippen molar-refractivity contribution in [3.05, 3.63) is 22.4 Å². The second-order valence-electron chi connectivity index (χ2n) is 2.51. The number of rotatable bonds is 4. The Morgan fingerprint density at radius 2 is 2.00 bits per heavy atom. The van der Waals surface area contributed by atoms with Crippen molar-refractivity contribution < 1.29 is 23.8 Å². The fourth-order valence-electron chi connectivity index (χ4n) is 1.12. The van der Waals surface area contributed by atoms with Crippen molar-refractivity contribution in [1.29, 1.82) is 0 Å². The maximum atomic E-state index is 11.3. The first-order chi connectivity index (χ1) is 6.48. The van der Waals surface area contributed by atoms with Gasteiger partial charge >= 0.3 is 13.1 Å². The van der Waals surface area contributed by atoms with Gasteiger partial charge in [-0.1, -0.05) is 6.07 Å². The molecule has 1 aromatic heterocycles. The van der Waals surface area contributed by atoms with Gasteiger partial charge in [0.1, 0.15) is 0 Å². The lowest BCUT2D eigenvalue weighted by molar-refractivity contribution is -0.160. The first-order valence-corrected chi connectivity index (χ1v) is 6.17. The Hall–Kier alpha value is -0.230. The molecule has 0 aliphatic heterocycles. The Labute approximate surface area is 85.4 Å². The Kier molecular flexibility index (Phi) is 3.47. The summed E-state index contributed by atoms with van der Waals surface area (Å²) in [6.45, 7) is 0. The van der Waals surface area contributed by atoms with Gasteiger partial charge in [0.25, 0.3) is 0 Å². The van der Waals surface area contributed by atoms with Crippen molar-refractivity contribution in [3.63, 3.8) is 0 Å². The average Bonchev–Trinajstić information content (AvgIpc) is 2.58. The first kappa shape index (κ1) is 11.8. The minimum Gasteiger partial charge on any atom is -0.339 e. The molecule has 7 heteroatoms.